The third-order valence-corrected chi connectivity index (χ3v) is 5.44. The van der Waals surface area contributed by atoms with E-state index in [0.717, 1.165) is 24.5 Å². The van der Waals surface area contributed by atoms with Gasteiger partial charge in [-0.15, -0.1) is 0 Å². The highest BCUT2D eigenvalue weighted by molar-refractivity contribution is 7.99. The average Bonchev–Trinajstić information content (AvgIpc) is 2.41. The number of hydrogen-bond acceptors (Lipinski definition) is 6. The van der Waals surface area contributed by atoms with Crippen LogP contribution in [0.15, 0.2) is 0 Å². The van der Waals surface area contributed by atoms with Gasteiger partial charge in [0.25, 0.3) is 10.1 Å². The van der Waals surface area contributed by atoms with Crippen molar-refractivity contribution in [2.45, 2.75) is 48.0 Å². The van der Waals surface area contributed by atoms with Gasteiger partial charge in [0.15, 0.2) is 0 Å². The molecule has 0 aromatic rings. The zero-order valence-electron chi connectivity index (χ0n) is 17.1. The lowest BCUT2D eigenvalue weighted by Crippen LogP contribution is -2.30. The second kappa shape index (κ2) is 11.8. The summed E-state index contributed by atoms with van der Waals surface area (Å²) in [6.07, 6.45) is 2.29. The van der Waals surface area contributed by atoms with Crippen molar-refractivity contribution in [3.8, 4) is 0 Å². The number of rotatable bonds is 15. The van der Waals surface area contributed by atoms with E-state index in [1.165, 1.54) is 12.2 Å². The minimum atomic E-state index is -3.39. The minimum Gasteiger partial charge on any atom is -0.380 e. The van der Waals surface area contributed by atoms with Crippen LogP contribution in [0.5, 0.6) is 0 Å². The smallest absolute Gasteiger partial charge is 0.264 e. The zero-order chi connectivity index (χ0) is 19.6. The van der Waals surface area contributed by atoms with E-state index >= 15 is 0 Å². The monoisotopic (exact) mass is 398 g/mol. The highest BCUT2D eigenvalue weighted by Gasteiger charge is 2.23. The Morgan fingerprint density at radius 1 is 0.920 bits per heavy atom. The Hall–Kier alpha value is 0.180. The first-order valence-corrected chi connectivity index (χ1v) is 11.9. The van der Waals surface area contributed by atoms with E-state index in [2.05, 4.69) is 45.7 Å². The summed E-state index contributed by atoms with van der Waals surface area (Å²) in [5, 5.41) is 0. The Labute approximate surface area is 159 Å². The maximum atomic E-state index is 10.9. The second-order valence-corrected chi connectivity index (χ2v) is 11.4. The van der Waals surface area contributed by atoms with Crippen molar-refractivity contribution in [2.75, 3.05) is 50.8 Å². The third-order valence-electron chi connectivity index (χ3n) is 3.34. The fourth-order valence-electron chi connectivity index (χ4n) is 1.95. The van der Waals surface area contributed by atoms with Gasteiger partial charge in [-0.1, -0.05) is 41.5 Å². The molecular formula is C18H38O5S2. The van der Waals surface area contributed by atoms with Gasteiger partial charge in [0.05, 0.1) is 39.3 Å². The maximum absolute atomic E-state index is 10.9. The van der Waals surface area contributed by atoms with Crippen LogP contribution in [0.1, 0.15) is 48.0 Å². The van der Waals surface area contributed by atoms with E-state index in [-0.39, 0.29) is 24.0 Å². The SMILES string of the molecule is CC(C)CCSCC(C)(C)COCC(C)(C)COCCOS(C)(=O)=O. The van der Waals surface area contributed by atoms with Crippen LogP contribution in [0.2, 0.25) is 0 Å². The first-order chi connectivity index (χ1) is 11.3. The van der Waals surface area contributed by atoms with Crippen molar-refractivity contribution in [2.24, 2.45) is 16.7 Å². The molecular weight excluding hydrogens is 360 g/mol. The Bertz CT molecular complexity index is 444. The number of thioether (sulfide) groups is 1. The summed E-state index contributed by atoms with van der Waals surface area (Å²) in [5.41, 5.74) is 0.0356. The predicted octanol–water partition coefficient (Wildman–Crippen LogP) is 3.83. The zero-order valence-corrected chi connectivity index (χ0v) is 18.7. The molecule has 0 heterocycles. The summed E-state index contributed by atoms with van der Waals surface area (Å²) in [6, 6.07) is 0. The standard InChI is InChI=1S/C18H38O5S2/c1-16(2)8-11-24-15-18(5,6)14-22-13-17(3,4)12-21-9-10-23-25(7,19)20/h16H,8-15H2,1-7H3. The molecule has 0 radical (unpaired) electrons. The molecule has 0 aliphatic heterocycles. The lowest BCUT2D eigenvalue weighted by Gasteiger charge is -2.29. The average molecular weight is 399 g/mol. The van der Waals surface area contributed by atoms with Gasteiger partial charge in [0.1, 0.15) is 0 Å². The van der Waals surface area contributed by atoms with Gasteiger partial charge in [-0.3, -0.25) is 4.18 Å². The lowest BCUT2D eigenvalue weighted by molar-refractivity contribution is -0.0255. The van der Waals surface area contributed by atoms with Crippen LogP contribution in [-0.4, -0.2) is 59.2 Å². The van der Waals surface area contributed by atoms with Crippen molar-refractivity contribution >= 4 is 21.9 Å². The fraction of sp³-hybridized carbons (Fsp3) is 1.00. The van der Waals surface area contributed by atoms with Crippen LogP contribution in [-0.2, 0) is 23.8 Å². The predicted molar refractivity (Wildman–Crippen MR) is 107 cm³/mol. The van der Waals surface area contributed by atoms with Crippen molar-refractivity contribution in [3.05, 3.63) is 0 Å². The third kappa shape index (κ3) is 17.4. The first-order valence-electron chi connectivity index (χ1n) is 8.91. The van der Waals surface area contributed by atoms with E-state index < -0.39 is 10.1 Å². The largest absolute Gasteiger partial charge is 0.380 e. The Balaban J connectivity index is 3.87. The molecule has 5 nitrogen and oxygen atoms in total. The van der Waals surface area contributed by atoms with Crippen LogP contribution in [0.4, 0.5) is 0 Å². The quantitative estimate of drug-likeness (QED) is 0.309. The van der Waals surface area contributed by atoms with E-state index in [1.807, 2.05) is 11.8 Å². The second-order valence-electron chi connectivity index (χ2n) is 8.64. The minimum absolute atomic E-state index is 0.0520. The Morgan fingerprint density at radius 2 is 1.48 bits per heavy atom. The van der Waals surface area contributed by atoms with Crippen LogP contribution in [0, 0.1) is 16.7 Å². The Morgan fingerprint density at radius 3 is 2.04 bits per heavy atom. The summed E-state index contributed by atoms with van der Waals surface area (Å²) < 4.78 is 37.8. The van der Waals surface area contributed by atoms with Gasteiger partial charge in [0, 0.05) is 11.2 Å². The van der Waals surface area contributed by atoms with E-state index in [9.17, 15) is 8.42 Å². The topological polar surface area (TPSA) is 61.8 Å². The van der Waals surface area contributed by atoms with Crippen molar-refractivity contribution in [3.63, 3.8) is 0 Å². The summed E-state index contributed by atoms with van der Waals surface area (Å²) >= 11 is 2.00. The summed E-state index contributed by atoms with van der Waals surface area (Å²) in [4.78, 5) is 0. The van der Waals surface area contributed by atoms with Gasteiger partial charge in [-0.25, -0.2) is 0 Å². The summed E-state index contributed by atoms with van der Waals surface area (Å²) in [7, 11) is -3.39. The van der Waals surface area contributed by atoms with Crippen LogP contribution >= 0.6 is 11.8 Å². The highest BCUT2D eigenvalue weighted by atomic mass is 32.2. The van der Waals surface area contributed by atoms with Gasteiger partial charge < -0.3 is 9.47 Å². The number of ether oxygens (including phenoxy) is 2. The molecule has 25 heavy (non-hydrogen) atoms. The molecule has 0 spiro atoms. The first kappa shape index (κ1) is 25.2. The Kier molecular flexibility index (Phi) is 11.9. The van der Waals surface area contributed by atoms with Gasteiger partial charge in [0.2, 0.25) is 0 Å². The molecule has 152 valence electrons. The van der Waals surface area contributed by atoms with Crippen molar-refractivity contribution < 1.29 is 22.1 Å². The summed E-state index contributed by atoms with van der Waals surface area (Å²) in [6.45, 7) is 15.3. The molecule has 0 aliphatic rings. The molecule has 0 saturated carbocycles. The molecule has 0 rings (SSSR count). The highest BCUT2D eigenvalue weighted by Crippen LogP contribution is 2.25. The van der Waals surface area contributed by atoms with Gasteiger partial charge >= 0.3 is 0 Å². The molecule has 0 N–H and O–H groups in total. The van der Waals surface area contributed by atoms with Gasteiger partial charge in [-0.05, 0) is 23.5 Å². The molecule has 0 aromatic carbocycles. The molecule has 0 aliphatic carbocycles. The lowest BCUT2D eigenvalue weighted by atomic mass is 9.95. The molecule has 0 bridgehead atoms. The molecule has 7 heteroatoms. The van der Waals surface area contributed by atoms with Crippen molar-refractivity contribution in [1.29, 1.82) is 0 Å². The van der Waals surface area contributed by atoms with E-state index in [1.54, 1.807) is 0 Å². The van der Waals surface area contributed by atoms with E-state index in [4.69, 9.17) is 9.47 Å². The molecule has 0 saturated heterocycles. The van der Waals surface area contributed by atoms with Crippen LogP contribution in [0.3, 0.4) is 0 Å². The molecule has 0 aromatic heterocycles. The van der Waals surface area contributed by atoms with Crippen LogP contribution < -0.4 is 0 Å². The number of hydrogen-bond donors (Lipinski definition) is 0. The fourth-order valence-corrected chi connectivity index (χ4v) is 3.74. The molecule has 0 atom stereocenters. The summed E-state index contributed by atoms with van der Waals surface area (Å²) in [5.74, 6) is 3.06. The maximum Gasteiger partial charge on any atom is 0.264 e. The van der Waals surface area contributed by atoms with E-state index in [0.29, 0.717) is 13.2 Å². The van der Waals surface area contributed by atoms with Crippen LogP contribution in [0.25, 0.3) is 0 Å². The van der Waals surface area contributed by atoms with Crippen molar-refractivity contribution in [1.82, 2.24) is 0 Å². The van der Waals surface area contributed by atoms with Gasteiger partial charge in [-0.2, -0.15) is 20.2 Å². The molecule has 0 unspecified atom stereocenters. The molecule has 0 fully saturated rings. The normalized spacial score (nSPS) is 13.6. The molecule has 0 amide bonds.